The molecular formula is C21H28N4O3. The van der Waals surface area contributed by atoms with Gasteiger partial charge in [0.1, 0.15) is 17.6 Å². The molecule has 2 rings (SSSR count). The molecule has 2 aromatic rings. The first-order valence-electron chi connectivity index (χ1n) is 9.16. The predicted octanol–water partition coefficient (Wildman–Crippen LogP) is 1.94. The van der Waals surface area contributed by atoms with Crippen LogP contribution in [-0.2, 0) is 11.3 Å². The fraction of sp³-hybridized carbons (Fsp3) is 0.333. The molecule has 0 saturated heterocycles. The van der Waals surface area contributed by atoms with Gasteiger partial charge >= 0.3 is 0 Å². The predicted molar refractivity (Wildman–Crippen MR) is 111 cm³/mol. The SMILES string of the molecule is CN=C(NCC(=O)NCc1ccccc1)NCC(C)Oc1cccc(OC)c1. The normalized spacial score (nSPS) is 12.0. The number of benzene rings is 2. The molecule has 0 aliphatic heterocycles. The molecule has 1 amide bonds. The van der Waals surface area contributed by atoms with E-state index < -0.39 is 0 Å². The van der Waals surface area contributed by atoms with Gasteiger partial charge in [0.05, 0.1) is 20.2 Å². The summed E-state index contributed by atoms with van der Waals surface area (Å²) in [7, 11) is 3.28. The van der Waals surface area contributed by atoms with E-state index in [0.29, 0.717) is 19.0 Å². The molecule has 0 aliphatic rings. The Morgan fingerprint density at radius 1 is 1.04 bits per heavy atom. The highest BCUT2D eigenvalue weighted by Gasteiger charge is 2.08. The third-order valence-electron chi connectivity index (χ3n) is 3.91. The Kier molecular flexibility index (Phi) is 8.65. The third-order valence-corrected chi connectivity index (χ3v) is 3.91. The van der Waals surface area contributed by atoms with Crippen molar-refractivity contribution >= 4 is 11.9 Å². The summed E-state index contributed by atoms with van der Waals surface area (Å²) in [5.74, 6) is 1.91. The first-order chi connectivity index (χ1) is 13.6. The molecule has 0 spiro atoms. The summed E-state index contributed by atoms with van der Waals surface area (Å²) in [6.45, 7) is 3.12. The van der Waals surface area contributed by atoms with E-state index in [1.54, 1.807) is 14.2 Å². The van der Waals surface area contributed by atoms with E-state index in [9.17, 15) is 4.79 Å². The Labute approximate surface area is 166 Å². The van der Waals surface area contributed by atoms with Crippen LogP contribution in [0.3, 0.4) is 0 Å². The van der Waals surface area contributed by atoms with Crippen LogP contribution >= 0.6 is 0 Å². The zero-order valence-electron chi connectivity index (χ0n) is 16.6. The number of hydrogen-bond acceptors (Lipinski definition) is 4. The van der Waals surface area contributed by atoms with Gasteiger partial charge in [-0.25, -0.2) is 0 Å². The average Bonchev–Trinajstić information content (AvgIpc) is 2.73. The number of aliphatic imine (C=N–C) groups is 1. The minimum atomic E-state index is -0.104. The second-order valence-corrected chi connectivity index (χ2v) is 6.18. The largest absolute Gasteiger partial charge is 0.497 e. The van der Waals surface area contributed by atoms with Gasteiger partial charge in [-0.15, -0.1) is 0 Å². The van der Waals surface area contributed by atoms with Crippen LogP contribution in [-0.4, -0.2) is 45.2 Å². The van der Waals surface area contributed by atoms with Gasteiger partial charge in [-0.1, -0.05) is 36.4 Å². The van der Waals surface area contributed by atoms with Crippen LogP contribution < -0.4 is 25.4 Å². The molecular weight excluding hydrogens is 356 g/mol. The standard InChI is InChI=1S/C21H28N4O3/c1-16(28-19-11-7-10-18(12-19)27-3)13-24-21(22-2)25-15-20(26)23-14-17-8-5-4-6-9-17/h4-12,16H,13-15H2,1-3H3,(H,23,26)(H2,22,24,25). The van der Waals surface area contributed by atoms with Gasteiger partial charge in [0.25, 0.3) is 0 Å². The van der Waals surface area contributed by atoms with Crippen molar-refractivity contribution in [3.8, 4) is 11.5 Å². The van der Waals surface area contributed by atoms with Crippen molar-refractivity contribution in [2.45, 2.75) is 19.6 Å². The average molecular weight is 384 g/mol. The van der Waals surface area contributed by atoms with Gasteiger partial charge in [-0.2, -0.15) is 0 Å². The molecule has 150 valence electrons. The van der Waals surface area contributed by atoms with Crippen LogP contribution in [0, 0.1) is 0 Å². The van der Waals surface area contributed by atoms with Crippen LogP contribution in [0.15, 0.2) is 59.6 Å². The highest BCUT2D eigenvalue weighted by atomic mass is 16.5. The number of methoxy groups -OCH3 is 1. The lowest BCUT2D eigenvalue weighted by molar-refractivity contribution is -0.120. The summed E-state index contributed by atoms with van der Waals surface area (Å²) < 4.78 is 11.1. The maximum atomic E-state index is 12.0. The van der Waals surface area contributed by atoms with E-state index in [-0.39, 0.29) is 18.6 Å². The molecule has 0 fully saturated rings. The molecule has 0 bridgehead atoms. The van der Waals surface area contributed by atoms with Gasteiger partial charge in [0.2, 0.25) is 5.91 Å². The van der Waals surface area contributed by atoms with Crippen molar-refractivity contribution < 1.29 is 14.3 Å². The molecule has 2 aromatic carbocycles. The first-order valence-corrected chi connectivity index (χ1v) is 9.16. The summed E-state index contributed by atoms with van der Waals surface area (Å²) in [5, 5.41) is 9.01. The van der Waals surface area contributed by atoms with E-state index >= 15 is 0 Å². The number of guanidine groups is 1. The molecule has 0 aliphatic carbocycles. The number of rotatable bonds is 9. The molecule has 7 heteroatoms. The Bertz CT molecular complexity index is 765. The molecule has 0 heterocycles. The van der Waals surface area contributed by atoms with Crippen molar-refractivity contribution in [1.29, 1.82) is 0 Å². The Morgan fingerprint density at radius 3 is 2.50 bits per heavy atom. The van der Waals surface area contributed by atoms with E-state index in [0.717, 1.165) is 17.1 Å². The Hall–Kier alpha value is -3.22. The van der Waals surface area contributed by atoms with Crippen LogP contribution in [0.1, 0.15) is 12.5 Å². The zero-order chi connectivity index (χ0) is 20.2. The van der Waals surface area contributed by atoms with Crippen LogP contribution in [0.5, 0.6) is 11.5 Å². The van der Waals surface area contributed by atoms with Crippen molar-refractivity contribution in [3.63, 3.8) is 0 Å². The summed E-state index contributed by atoms with van der Waals surface area (Å²) in [6.07, 6.45) is -0.0995. The molecule has 0 radical (unpaired) electrons. The number of hydrogen-bond donors (Lipinski definition) is 3. The van der Waals surface area contributed by atoms with Gasteiger partial charge in [-0.05, 0) is 24.6 Å². The number of nitrogens with one attached hydrogen (secondary N) is 3. The lowest BCUT2D eigenvalue weighted by atomic mass is 10.2. The molecule has 0 saturated carbocycles. The van der Waals surface area contributed by atoms with Gasteiger partial charge in [0.15, 0.2) is 5.96 Å². The summed E-state index contributed by atoms with van der Waals surface area (Å²) in [5.41, 5.74) is 1.06. The minimum Gasteiger partial charge on any atom is -0.497 e. The summed E-state index contributed by atoms with van der Waals surface area (Å²) in [4.78, 5) is 16.1. The second kappa shape index (κ2) is 11.5. The maximum absolute atomic E-state index is 12.0. The smallest absolute Gasteiger partial charge is 0.239 e. The topological polar surface area (TPSA) is 84.0 Å². The Balaban J connectivity index is 1.69. The quantitative estimate of drug-likeness (QED) is 0.455. The fourth-order valence-corrected chi connectivity index (χ4v) is 2.43. The fourth-order valence-electron chi connectivity index (χ4n) is 2.43. The highest BCUT2D eigenvalue weighted by Crippen LogP contribution is 2.19. The van der Waals surface area contributed by atoms with E-state index in [1.165, 1.54) is 0 Å². The van der Waals surface area contributed by atoms with E-state index in [4.69, 9.17) is 9.47 Å². The molecule has 1 unspecified atom stereocenters. The van der Waals surface area contributed by atoms with Crippen LogP contribution in [0.2, 0.25) is 0 Å². The van der Waals surface area contributed by atoms with Crippen LogP contribution in [0.4, 0.5) is 0 Å². The van der Waals surface area contributed by atoms with E-state index in [1.807, 2.05) is 61.5 Å². The lowest BCUT2D eigenvalue weighted by Crippen LogP contribution is -2.45. The number of carbonyl (C=O) groups is 1. The van der Waals surface area contributed by atoms with Gasteiger partial charge < -0.3 is 25.4 Å². The first kappa shape index (κ1) is 21.1. The van der Waals surface area contributed by atoms with Crippen LogP contribution in [0.25, 0.3) is 0 Å². The third kappa shape index (κ3) is 7.57. The second-order valence-electron chi connectivity index (χ2n) is 6.18. The number of carbonyl (C=O) groups excluding carboxylic acids is 1. The highest BCUT2D eigenvalue weighted by molar-refractivity contribution is 5.86. The van der Waals surface area contributed by atoms with Gasteiger partial charge in [0, 0.05) is 19.7 Å². The summed E-state index contributed by atoms with van der Waals surface area (Å²) >= 11 is 0. The lowest BCUT2D eigenvalue weighted by Gasteiger charge is -2.18. The number of nitrogens with zero attached hydrogens (tertiary/aromatic N) is 1. The monoisotopic (exact) mass is 384 g/mol. The Morgan fingerprint density at radius 2 is 1.79 bits per heavy atom. The molecule has 0 aromatic heterocycles. The van der Waals surface area contributed by atoms with Crippen molar-refractivity contribution in [3.05, 3.63) is 60.2 Å². The molecule has 3 N–H and O–H groups in total. The maximum Gasteiger partial charge on any atom is 0.239 e. The van der Waals surface area contributed by atoms with Crippen molar-refractivity contribution in [2.75, 3.05) is 27.2 Å². The van der Waals surface area contributed by atoms with Gasteiger partial charge in [-0.3, -0.25) is 9.79 Å². The number of ether oxygens (including phenoxy) is 2. The van der Waals surface area contributed by atoms with E-state index in [2.05, 4.69) is 20.9 Å². The number of amides is 1. The van der Waals surface area contributed by atoms with Crippen molar-refractivity contribution in [2.24, 2.45) is 4.99 Å². The molecule has 7 nitrogen and oxygen atoms in total. The summed E-state index contributed by atoms with van der Waals surface area (Å²) in [6, 6.07) is 17.2. The van der Waals surface area contributed by atoms with Crippen molar-refractivity contribution in [1.82, 2.24) is 16.0 Å². The minimum absolute atomic E-state index is 0.0995. The molecule has 28 heavy (non-hydrogen) atoms. The molecule has 1 atom stereocenters. The zero-order valence-corrected chi connectivity index (χ0v) is 16.6.